The lowest BCUT2D eigenvalue weighted by molar-refractivity contribution is -0.141. The van der Waals surface area contributed by atoms with E-state index >= 15 is 0 Å². The number of nitrogens with one attached hydrogen (secondary N) is 1. The first kappa shape index (κ1) is 20.6. The molecular weight excluding hydrogens is 438 g/mol. The number of thiophene rings is 1. The van der Waals surface area contributed by atoms with Crippen LogP contribution < -0.4 is 5.32 Å². The summed E-state index contributed by atoms with van der Waals surface area (Å²) in [5.74, 6) is -1.39. The summed E-state index contributed by atoms with van der Waals surface area (Å²) in [6, 6.07) is 7.86. The van der Waals surface area contributed by atoms with Gasteiger partial charge in [0.05, 0.1) is 21.3 Å². The molecule has 0 bridgehead atoms. The van der Waals surface area contributed by atoms with E-state index in [1.807, 2.05) is 0 Å². The Bertz CT molecular complexity index is 997. The van der Waals surface area contributed by atoms with Crippen molar-refractivity contribution >= 4 is 46.3 Å². The van der Waals surface area contributed by atoms with Gasteiger partial charge in [-0.1, -0.05) is 29.4 Å². The molecule has 1 amide bonds. The Labute approximate surface area is 170 Å². The number of carbonyl (C=O) groups is 1. The largest absolute Gasteiger partial charge is 0.433 e. The Morgan fingerprint density at radius 3 is 2.64 bits per heavy atom. The smallest absolute Gasteiger partial charge is 0.325 e. The summed E-state index contributed by atoms with van der Waals surface area (Å²) < 4.78 is 52.5. The zero-order chi connectivity index (χ0) is 20.3. The summed E-state index contributed by atoms with van der Waals surface area (Å²) in [4.78, 5) is 20.2. The maximum Gasteiger partial charge on any atom is 0.433 e. The molecule has 0 aliphatic heterocycles. The summed E-state index contributed by atoms with van der Waals surface area (Å²) in [6.07, 6.45) is -4.64. The molecule has 28 heavy (non-hydrogen) atoms. The number of carbonyl (C=O) groups excluding carboxylic acids is 1. The van der Waals surface area contributed by atoms with Crippen LogP contribution in [0.25, 0.3) is 10.6 Å². The zero-order valence-corrected chi connectivity index (χ0v) is 16.1. The van der Waals surface area contributed by atoms with E-state index in [9.17, 15) is 22.4 Å². The fraction of sp³-hybridized carbons (Fsp3) is 0.118. The van der Waals surface area contributed by atoms with Crippen LogP contribution >= 0.6 is 34.7 Å². The molecule has 0 radical (unpaired) electrons. The molecule has 11 heteroatoms. The first-order valence-corrected chi connectivity index (χ1v) is 9.84. The molecule has 0 fully saturated rings. The van der Waals surface area contributed by atoms with Crippen LogP contribution in [0.1, 0.15) is 5.69 Å². The van der Waals surface area contributed by atoms with Crippen molar-refractivity contribution in [2.45, 2.75) is 11.3 Å². The van der Waals surface area contributed by atoms with Gasteiger partial charge in [0.1, 0.15) is 11.5 Å². The van der Waals surface area contributed by atoms with Gasteiger partial charge in [-0.2, -0.15) is 13.2 Å². The summed E-state index contributed by atoms with van der Waals surface area (Å²) in [5.41, 5.74) is -0.689. The summed E-state index contributed by atoms with van der Waals surface area (Å²) in [7, 11) is 0. The SMILES string of the molecule is O=C(CSc1nc(-c2cccs2)cc(C(F)(F)F)n1)Nc1ccc(F)c(Cl)c1. The predicted molar refractivity (Wildman–Crippen MR) is 101 cm³/mol. The van der Waals surface area contributed by atoms with E-state index in [0.29, 0.717) is 4.88 Å². The fourth-order valence-electron chi connectivity index (χ4n) is 2.09. The fourth-order valence-corrected chi connectivity index (χ4v) is 3.61. The van der Waals surface area contributed by atoms with Crippen LogP contribution in [-0.2, 0) is 11.0 Å². The van der Waals surface area contributed by atoms with Gasteiger partial charge in [-0.05, 0) is 35.7 Å². The molecule has 3 rings (SSSR count). The maximum absolute atomic E-state index is 13.1. The molecule has 2 heterocycles. The lowest BCUT2D eigenvalue weighted by Crippen LogP contribution is -2.15. The molecule has 0 saturated heterocycles. The van der Waals surface area contributed by atoms with Gasteiger partial charge in [0.2, 0.25) is 5.91 Å². The van der Waals surface area contributed by atoms with Crippen molar-refractivity contribution in [2.24, 2.45) is 0 Å². The number of aromatic nitrogens is 2. The number of alkyl halides is 3. The molecule has 0 spiro atoms. The van der Waals surface area contributed by atoms with E-state index < -0.39 is 23.6 Å². The van der Waals surface area contributed by atoms with Gasteiger partial charge in [0.15, 0.2) is 5.16 Å². The van der Waals surface area contributed by atoms with Gasteiger partial charge in [-0.25, -0.2) is 14.4 Å². The molecule has 1 aromatic carbocycles. The second-order valence-corrected chi connectivity index (χ2v) is 7.66. The van der Waals surface area contributed by atoms with Gasteiger partial charge in [-0.3, -0.25) is 4.79 Å². The number of hydrogen-bond donors (Lipinski definition) is 1. The highest BCUT2D eigenvalue weighted by Gasteiger charge is 2.34. The molecule has 4 nitrogen and oxygen atoms in total. The quantitative estimate of drug-likeness (QED) is 0.307. The van der Waals surface area contributed by atoms with E-state index in [1.165, 1.54) is 23.5 Å². The minimum Gasteiger partial charge on any atom is -0.325 e. The average molecular weight is 448 g/mol. The van der Waals surface area contributed by atoms with Crippen LogP contribution in [0.15, 0.2) is 46.9 Å². The number of halogens is 5. The Morgan fingerprint density at radius 1 is 1.21 bits per heavy atom. The number of nitrogens with zero attached hydrogens (tertiary/aromatic N) is 2. The lowest BCUT2D eigenvalue weighted by atomic mass is 10.3. The van der Waals surface area contributed by atoms with Crippen LogP contribution in [0.3, 0.4) is 0 Å². The molecule has 0 aliphatic rings. The average Bonchev–Trinajstić information content (AvgIpc) is 3.17. The van der Waals surface area contributed by atoms with Crippen LogP contribution in [0.2, 0.25) is 5.02 Å². The minimum atomic E-state index is -4.64. The van der Waals surface area contributed by atoms with Crippen molar-refractivity contribution in [3.05, 3.63) is 58.3 Å². The third kappa shape index (κ3) is 5.21. The summed E-state index contributed by atoms with van der Waals surface area (Å²) in [5, 5.41) is 3.87. The first-order chi connectivity index (χ1) is 13.2. The van der Waals surface area contributed by atoms with E-state index in [4.69, 9.17) is 11.6 Å². The minimum absolute atomic E-state index is 0.130. The third-order valence-electron chi connectivity index (χ3n) is 3.31. The highest BCUT2D eigenvalue weighted by Crippen LogP contribution is 2.33. The van der Waals surface area contributed by atoms with Crippen molar-refractivity contribution in [1.29, 1.82) is 0 Å². The van der Waals surface area contributed by atoms with E-state index in [0.717, 1.165) is 23.9 Å². The molecule has 0 saturated carbocycles. The summed E-state index contributed by atoms with van der Waals surface area (Å²) >= 11 is 7.64. The molecule has 3 aromatic rings. The number of hydrogen-bond acceptors (Lipinski definition) is 5. The number of thioether (sulfide) groups is 1. The number of rotatable bonds is 5. The van der Waals surface area contributed by atoms with E-state index in [2.05, 4.69) is 15.3 Å². The monoisotopic (exact) mass is 447 g/mol. The van der Waals surface area contributed by atoms with Crippen molar-refractivity contribution in [3.8, 4) is 10.6 Å². The van der Waals surface area contributed by atoms with Crippen LogP contribution in [0.4, 0.5) is 23.2 Å². The second-order valence-electron chi connectivity index (χ2n) is 5.36. The van der Waals surface area contributed by atoms with Gasteiger partial charge in [-0.15, -0.1) is 11.3 Å². The van der Waals surface area contributed by atoms with Crippen LogP contribution in [0.5, 0.6) is 0 Å². The van der Waals surface area contributed by atoms with Crippen molar-refractivity contribution < 1.29 is 22.4 Å². The standard InChI is InChI=1S/C17H10ClF4N3OS2/c18-10-6-9(3-4-11(10)19)23-15(26)8-28-16-24-12(13-2-1-5-27-13)7-14(25-16)17(20,21)22/h1-7H,8H2,(H,23,26). The molecule has 0 atom stereocenters. The molecule has 2 aromatic heterocycles. The molecule has 146 valence electrons. The third-order valence-corrected chi connectivity index (χ3v) is 5.33. The number of benzene rings is 1. The molecule has 0 aliphatic carbocycles. The van der Waals surface area contributed by atoms with Crippen molar-refractivity contribution in [1.82, 2.24) is 9.97 Å². The van der Waals surface area contributed by atoms with Gasteiger partial charge in [0.25, 0.3) is 0 Å². The van der Waals surface area contributed by atoms with Crippen molar-refractivity contribution in [3.63, 3.8) is 0 Å². The Morgan fingerprint density at radius 2 is 2.00 bits per heavy atom. The van der Waals surface area contributed by atoms with Gasteiger partial charge >= 0.3 is 6.18 Å². The highest BCUT2D eigenvalue weighted by molar-refractivity contribution is 7.99. The Kier molecular flexibility index (Phi) is 6.21. The lowest BCUT2D eigenvalue weighted by Gasteiger charge is -2.10. The summed E-state index contributed by atoms with van der Waals surface area (Å²) in [6.45, 7) is 0. The highest BCUT2D eigenvalue weighted by atomic mass is 35.5. The zero-order valence-electron chi connectivity index (χ0n) is 13.8. The van der Waals surface area contributed by atoms with Gasteiger partial charge in [0, 0.05) is 5.69 Å². The molecular formula is C17H10ClF4N3OS2. The second kappa shape index (κ2) is 8.46. The molecule has 0 unspecified atom stereocenters. The first-order valence-electron chi connectivity index (χ1n) is 7.60. The van der Waals surface area contributed by atoms with Crippen molar-refractivity contribution in [2.75, 3.05) is 11.1 Å². The predicted octanol–water partition coefficient (Wildman–Crippen LogP) is 5.75. The Hall–Kier alpha value is -2.17. The topological polar surface area (TPSA) is 54.9 Å². The maximum atomic E-state index is 13.1. The number of anilines is 1. The van der Waals surface area contributed by atoms with Crippen LogP contribution in [-0.4, -0.2) is 21.6 Å². The van der Waals surface area contributed by atoms with Crippen LogP contribution in [0, 0.1) is 5.82 Å². The van der Waals surface area contributed by atoms with Gasteiger partial charge < -0.3 is 5.32 Å². The number of amides is 1. The van der Waals surface area contributed by atoms with E-state index in [-0.39, 0.29) is 27.3 Å². The Balaban J connectivity index is 1.75. The normalized spacial score (nSPS) is 11.5. The van der Waals surface area contributed by atoms with E-state index in [1.54, 1.807) is 17.5 Å². The molecule has 1 N–H and O–H groups in total.